The van der Waals surface area contributed by atoms with Crippen molar-refractivity contribution in [1.29, 1.82) is 0 Å². The van der Waals surface area contributed by atoms with E-state index >= 15 is 0 Å². The number of fused-ring (bicyclic) bond motifs is 3. The van der Waals surface area contributed by atoms with Crippen molar-refractivity contribution in [3.05, 3.63) is 144 Å². The van der Waals surface area contributed by atoms with Crippen LogP contribution in [0.1, 0.15) is 101 Å². The van der Waals surface area contributed by atoms with E-state index in [-0.39, 0.29) is 53.3 Å². The number of benzene rings is 4. The molecule has 0 spiro atoms. The second-order valence-electron chi connectivity index (χ2n) is 15.5. The van der Waals surface area contributed by atoms with Crippen LogP contribution in [0.5, 0.6) is 23.0 Å². The fourth-order valence-electron chi connectivity index (χ4n) is 6.97. The standard InChI is InChI=1S/C49H44N6O2.Pd.Pt/c1-29(2)33-17-19-51-43(21-33)35-9-13-39(31(5)6)47(23-35)56-37-11-15-41-42-16-12-38(26-46(42)55(45(41)25-37)49-53-27-50-28-54-49)57-48-24-36(10-14-40(48)32(7)8)44-22-34(30(3)4)18-20-52-44;;/h9-22,27-32H,1-8H3;;/q-4;2*+2. The molecule has 8 aromatic rings. The molecule has 8 nitrogen and oxygen atoms in total. The zero-order chi connectivity index (χ0) is 39.8. The molecule has 10 heteroatoms. The molecule has 0 atom stereocenters. The number of rotatable bonds is 11. The van der Waals surface area contributed by atoms with Crippen LogP contribution in [-0.2, 0) is 41.5 Å². The van der Waals surface area contributed by atoms with E-state index in [2.05, 4.69) is 153 Å². The second kappa shape index (κ2) is 18.5. The van der Waals surface area contributed by atoms with Crippen LogP contribution in [0.4, 0.5) is 0 Å². The smallest absolute Gasteiger partial charge is 0.503 e. The van der Waals surface area contributed by atoms with E-state index in [1.54, 1.807) is 0 Å². The average molecular weight is 1050 g/mol. The maximum atomic E-state index is 6.66. The number of nitrogens with zero attached hydrogens (tertiary/aromatic N) is 6. The van der Waals surface area contributed by atoms with Gasteiger partial charge in [0.25, 0.3) is 0 Å². The first-order valence-electron chi connectivity index (χ1n) is 19.5. The summed E-state index contributed by atoms with van der Waals surface area (Å²) in [4.78, 5) is 22.5. The van der Waals surface area contributed by atoms with Crippen LogP contribution in [0.3, 0.4) is 0 Å². The summed E-state index contributed by atoms with van der Waals surface area (Å²) in [5, 5.41) is 1.87. The monoisotopic (exact) mass is 1050 g/mol. The summed E-state index contributed by atoms with van der Waals surface area (Å²) in [6.07, 6.45) is 6.67. The first kappa shape index (κ1) is 43.5. The van der Waals surface area contributed by atoms with Gasteiger partial charge in [0, 0.05) is 35.4 Å². The molecule has 4 aromatic carbocycles. The van der Waals surface area contributed by atoms with Gasteiger partial charge in [-0.1, -0.05) is 125 Å². The first-order valence-corrected chi connectivity index (χ1v) is 19.5. The molecule has 0 aliphatic heterocycles. The summed E-state index contributed by atoms with van der Waals surface area (Å²) < 4.78 is 15.2. The minimum atomic E-state index is 0. The quantitative estimate of drug-likeness (QED) is 0.0942. The van der Waals surface area contributed by atoms with Crippen molar-refractivity contribution in [2.24, 2.45) is 0 Å². The topological polar surface area (TPSA) is 87.8 Å². The van der Waals surface area contributed by atoms with Gasteiger partial charge in [-0.2, -0.15) is 22.9 Å². The molecule has 8 rings (SSSR count). The largest absolute Gasteiger partial charge is 2.00 e. The van der Waals surface area contributed by atoms with Crippen molar-refractivity contribution in [2.45, 2.75) is 79.1 Å². The number of pyridine rings is 2. The van der Waals surface area contributed by atoms with Crippen LogP contribution >= 0.6 is 0 Å². The Hall–Kier alpha value is -5.06. The number of hydrogen-bond donors (Lipinski definition) is 0. The van der Waals surface area contributed by atoms with E-state index in [9.17, 15) is 0 Å². The molecule has 0 bridgehead atoms. The number of ether oxygens (including phenoxy) is 2. The Kier molecular flexibility index (Phi) is 13.6. The molecule has 59 heavy (non-hydrogen) atoms. The van der Waals surface area contributed by atoms with Crippen LogP contribution in [0.25, 0.3) is 50.3 Å². The fourth-order valence-corrected chi connectivity index (χ4v) is 6.97. The summed E-state index contributed by atoms with van der Waals surface area (Å²) in [5.41, 5.74) is 9.39. The summed E-state index contributed by atoms with van der Waals surface area (Å²) in [5.74, 6) is 3.90. The van der Waals surface area contributed by atoms with Crippen LogP contribution in [-0.4, -0.2) is 29.5 Å². The van der Waals surface area contributed by atoms with E-state index < -0.39 is 0 Å². The van der Waals surface area contributed by atoms with Gasteiger partial charge >= 0.3 is 41.5 Å². The normalized spacial score (nSPS) is 11.4. The molecule has 0 aliphatic carbocycles. The molecule has 0 saturated heterocycles. The number of aromatic nitrogens is 6. The third kappa shape index (κ3) is 9.09. The third-order valence-electron chi connectivity index (χ3n) is 10.2. The van der Waals surface area contributed by atoms with Gasteiger partial charge in [-0.15, -0.1) is 59.7 Å². The van der Waals surface area contributed by atoms with Crippen LogP contribution in [0.15, 0.2) is 97.8 Å². The molecule has 0 saturated carbocycles. The molecule has 4 heterocycles. The Balaban J connectivity index is 0.00000293. The minimum absolute atomic E-state index is 0. The molecule has 0 aliphatic rings. The minimum Gasteiger partial charge on any atom is -0.503 e. The second-order valence-corrected chi connectivity index (χ2v) is 15.5. The molecule has 0 unspecified atom stereocenters. The predicted molar refractivity (Wildman–Crippen MR) is 225 cm³/mol. The van der Waals surface area contributed by atoms with Gasteiger partial charge in [-0.3, -0.25) is 0 Å². The molecular weight excluding hydrogens is 1010 g/mol. The van der Waals surface area contributed by atoms with Crippen molar-refractivity contribution in [3.63, 3.8) is 0 Å². The molecule has 0 fully saturated rings. The Morgan fingerprint density at radius 2 is 0.949 bits per heavy atom. The number of hydrogen-bond acceptors (Lipinski definition) is 7. The van der Waals surface area contributed by atoms with Gasteiger partial charge in [-0.05, 0) is 35.4 Å². The van der Waals surface area contributed by atoms with Crippen molar-refractivity contribution < 1.29 is 51.0 Å². The molecule has 4 aromatic heterocycles. The van der Waals surface area contributed by atoms with Gasteiger partial charge < -0.3 is 24.0 Å². The van der Waals surface area contributed by atoms with E-state index in [0.717, 1.165) is 55.4 Å². The Morgan fingerprint density at radius 3 is 1.36 bits per heavy atom. The van der Waals surface area contributed by atoms with E-state index in [1.807, 2.05) is 41.2 Å². The van der Waals surface area contributed by atoms with Crippen molar-refractivity contribution >= 4 is 21.8 Å². The molecule has 0 radical (unpaired) electrons. The van der Waals surface area contributed by atoms with Crippen molar-refractivity contribution in [2.75, 3.05) is 0 Å². The zero-order valence-corrected chi connectivity index (χ0v) is 38.0. The summed E-state index contributed by atoms with van der Waals surface area (Å²) in [6.45, 7) is 17.3. The Bertz CT molecular complexity index is 2560. The molecule has 0 amide bonds. The van der Waals surface area contributed by atoms with Crippen LogP contribution < -0.4 is 9.47 Å². The van der Waals surface area contributed by atoms with Gasteiger partial charge in [-0.25, -0.2) is 15.0 Å². The molecule has 302 valence electrons. The summed E-state index contributed by atoms with van der Waals surface area (Å²) in [7, 11) is 0. The van der Waals surface area contributed by atoms with Crippen molar-refractivity contribution in [3.8, 4) is 51.5 Å². The predicted octanol–water partition coefficient (Wildman–Crippen LogP) is 12.4. The van der Waals surface area contributed by atoms with Gasteiger partial charge in [0.05, 0.1) is 0 Å². The SMILES string of the molecule is CC(C)c1ccnc(-c2[c-]c(Oc3[c-]c4c(cc3)c3ccc(Oc5[c-]c(-c6cc(C(C)C)ccn6)ccc5C(C)C)[c-]c3n4-c3ncncn3)c(C(C)C)cc2)c1.[Pd+2].[Pt+2]. The maximum Gasteiger partial charge on any atom is 2.00 e. The summed E-state index contributed by atoms with van der Waals surface area (Å²) in [6, 6.07) is 38.8. The van der Waals surface area contributed by atoms with E-state index in [1.165, 1.54) is 23.8 Å². The Morgan fingerprint density at radius 1 is 0.508 bits per heavy atom. The van der Waals surface area contributed by atoms with Gasteiger partial charge in [0.1, 0.15) is 12.7 Å². The van der Waals surface area contributed by atoms with Gasteiger partial charge in [0.2, 0.25) is 5.95 Å². The Labute approximate surface area is 374 Å². The van der Waals surface area contributed by atoms with E-state index in [0.29, 0.717) is 40.8 Å². The average Bonchev–Trinajstić information content (AvgIpc) is 3.53. The maximum absolute atomic E-state index is 6.66. The third-order valence-corrected chi connectivity index (χ3v) is 10.2. The van der Waals surface area contributed by atoms with Gasteiger partial charge in [0.15, 0.2) is 0 Å². The molecule has 0 N–H and O–H groups in total. The fraction of sp³-hybridized carbons (Fsp3) is 0.245. The van der Waals surface area contributed by atoms with E-state index in [4.69, 9.17) is 9.47 Å². The summed E-state index contributed by atoms with van der Waals surface area (Å²) >= 11 is 0. The first-order chi connectivity index (χ1) is 27.5. The van der Waals surface area contributed by atoms with Crippen LogP contribution in [0, 0.1) is 24.3 Å². The van der Waals surface area contributed by atoms with Crippen molar-refractivity contribution in [1.82, 2.24) is 29.5 Å². The van der Waals surface area contributed by atoms with Crippen LogP contribution in [0.2, 0.25) is 0 Å². The zero-order valence-electron chi connectivity index (χ0n) is 34.2. The molecular formula is C49H44N6O2PdPt.